The molecular weight excluding hydrogens is 521 g/mol. The van der Waals surface area contributed by atoms with Gasteiger partial charge in [-0.15, -0.1) is 6.58 Å². The number of halogens is 2. The summed E-state index contributed by atoms with van der Waals surface area (Å²) in [6.07, 6.45) is 1.44. The number of sulfonamides is 1. The van der Waals surface area contributed by atoms with Crippen LogP contribution in [0.2, 0.25) is 10.0 Å². The lowest BCUT2D eigenvalue weighted by Gasteiger charge is -2.23. The van der Waals surface area contributed by atoms with E-state index in [1.54, 1.807) is 30.3 Å². The molecule has 9 heteroatoms. The SMILES string of the molecule is C=CCN(c1ccc(Cl)cc1)S(=O)(=O)c1ccc(Cl)c(C(=O)OCC(=O)c2cc(C)c(C)cc2C)c1. The predicted octanol–water partition coefficient (Wildman–Crippen LogP) is 6.34. The number of anilines is 1. The smallest absolute Gasteiger partial charge is 0.340 e. The molecule has 0 saturated carbocycles. The Kier molecular flexibility index (Phi) is 8.61. The Morgan fingerprint density at radius 3 is 2.19 bits per heavy atom. The number of hydrogen-bond donors (Lipinski definition) is 0. The number of esters is 1. The third-order valence-corrected chi connectivity index (χ3v) is 8.00. The molecule has 0 amide bonds. The first-order valence-corrected chi connectivity index (χ1v) is 13.1. The molecule has 0 radical (unpaired) electrons. The number of nitrogens with zero attached hydrogens (tertiary/aromatic N) is 1. The van der Waals surface area contributed by atoms with Crippen molar-refractivity contribution in [1.82, 2.24) is 0 Å². The highest BCUT2D eigenvalue weighted by Crippen LogP contribution is 2.28. The lowest BCUT2D eigenvalue weighted by atomic mass is 9.98. The van der Waals surface area contributed by atoms with E-state index in [2.05, 4.69) is 6.58 Å². The van der Waals surface area contributed by atoms with Crippen LogP contribution in [0.25, 0.3) is 0 Å². The Bertz CT molecular complexity index is 1430. The van der Waals surface area contributed by atoms with E-state index in [4.69, 9.17) is 27.9 Å². The molecule has 0 fully saturated rings. The molecule has 3 rings (SSSR count). The highest BCUT2D eigenvalue weighted by molar-refractivity contribution is 7.92. The average molecular weight is 546 g/mol. The average Bonchev–Trinajstić information content (AvgIpc) is 2.83. The molecule has 3 aromatic carbocycles. The zero-order valence-corrected chi connectivity index (χ0v) is 22.4. The van der Waals surface area contributed by atoms with Crippen molar-refractivity contribution in [2.75, 3.05) is 17.5 Å². The summed E-state index contributed by atoms with van der Waals surface area (Å²) in [5, 5.41) is 0.451. The Labute approximate surface area is 221 Å². The fourth-order valence-corrected chi connectivity index (χ4v) is 5.35. The topological polar surface area (TPSA) is 80.8 Å². The Balaban J connectivity index is 1.86. The molecule has 0 heterocycles. The lowest BCUT2D eigenvalue weighted by molar-refractivity contribution is 0.0474. The van der Waals surface area contributed by atoms with Crippen LogP contribution in [0.15, 0.2) is 72.1 Å². The molecule has 0 aliphatic heterocycles. The molecule has 0 unspecified atom stereocenters. The summed E-state index contributed by atoms with van der Waals surface area (Å²) in [5.41, 5.74) is 3.42. The molecule has 0 N–H and O–H groups in total. The van der Waals surface area contributed by atoms with Gasteiger partial charge in [0.05, 0.1) is 27.7 Å². The number of carbonyl (C=O) groups is 2. The third kappa shape index (κ3) is 5.98. The van der Waals surface area contributed by atoms with Crippen LogP contribution in [0.3, 0.4) is 0 Å². The quantitative estimate of drug-likeness (QED) is 0.178. The van der Waals surface area contributed by atoms with Crippen molar-refractivity contribution in [2.45, 2.75) is 25.7 Å². The molecule has 36 heavy (non-hydrogen) atoms. The number of ketones is 1. The van der Waals surface area contributed by atoms with Crippen molar-refractivity contribution >= 4 is 50.7 Å². The molecular formula is C27H25Cl2NO5S. The first-order valence-electron chi connectivity index (χ1n) is 10.9. The zero-order valence-electron chi connectivity index (χ0n) is 20.0. The maximum absolute atomic E-state index is 13.4. The van der Waals surface area contributed by atoms with Gasteiger partial charge in [-0.1, -0.05) is 35.3 Å². The Morgan fingerprint density at radius 2 is 1.56 bits per heavy atom. The number of Topliss-reactive ketones (excluding diaryl/α,β-unsaturated/α-hetero) is 1. The monoisotopic (exact) mass is 545 g/mol. The minimum atomic E-state index is -4.10. The minimum Gasteiger partial charge on any atom is -0.454 e. The maximum Gasteiger partial charge on any atom is 0.340 e. The zero-order chi connectivity index (χ0) is 26.6. The summed E-state index contributed by atoms with van der Waals surface area (Å²) in [4.78, 5) is 25.3. The van der Waals surface area contributed by atoms with Crippen LogP contribution in [0.5, 0.6) is 0 Å². The van der Waals surface area contributed by atoms with E-state index in [0.29, 0.717) is 16.3 Å². The van der Waals surface area contributed by atoms with E-state index in [9.17, 15) is 18.0 Å². The van der Waals surface area contributed by atoms with E-state index in [-0.39, 0.29) is 27.8 Å². The van der Waals surface area contributed by atoms with Gasteiger partial charge >= 0.3 is 5.97 Å². The lowest BCUT2D eigenvalue weighted by Crippen LogP contribution is -2.31. The van der Waals surface area contributed by atoms with Crippen LogP contribution in [0.4, 0.5) is 5.69 Å². The molecule has 188 valence electrons. The summed E-state index contributed by atoms with van der Waals surface area (Å²) in [6, 6.07) is 13.7. The number of aryl methyl sites for hydroxylation is 3. The van der Waals surface area contributed by atoms with Crippen LogP contribution in [0, 0.1) is 20.8 Å². The Hall–Kier alpha value is -3.13. The largest absolute Gasteiger partial charge is 0.454 e. The normalized spacial score (nSPS) is 11.1. The Morgan fingerprint density at radius 1 is 0.917 bits per heavy atom. The van der Waals surface area contributed by atoms with Crippen LogP contribution >= 0.6 is 23.2 Å². The van der Waals surface area contributed by atoms with Crippen molar-refractivity contribution in [3.05, 3.63) is 105 Å². The number of benzene rings is 3. The van der Waals surface area contributed by atoms with E-state index in [1.165, 1.54) is 18.2 Å². The van der Waals surface area contributed by atoms with Crippen LogP contribution < -0.4 is 4.31 Å². The van der Waals surface area contributed by atoms with Crippen LogP contribution in [0.1, 0.15) is 37.4 Å². The van der Waals surface area contributed by atoms with Crippen molar-refractivity contribution in [3.8, 4) is 0 Å². The fourth-order valence-electron chi connectivity index (χ4n) is 3.56. The molecule has 6 nitrogen and oxygen atoms in total. The summed E-state index contributed by atoms with van der Waals surface area (Å²) >= 11 is 12.1. The van der Waals surface area contributed by atoms with E-state index in [0.717, 1.165) is 27.1 Å². The molecule has 0 aliphatic carbocycles. The number of ether oxygens (including phenoxy) is 1. The van der Waals surface area contributed by atoms with Gasteiger partial charge in [0, 0.05) is 10.6 Å². The van der Waals surface area contributed by atoms with Gasteiger partial charge in [-0.3, -0.25) is 9.10 Å². The first kappa shape index (κ1) is 27.5. The number of rotatable bonds is 9. The van der Waals surface area contributed by atoms with Crippen molar-refractivity contribution < 1.29 is 22.7 Å². The maximum atomic E-state index is 13.4. The molecule has 0 saturated heterocycles. The highest BCUT2D eigenvalue weighted by Gasteiger charge is 2.26. The van der Waals surface area contributed by atoms with Gasteiger partial charge in [0.25, 0.3) is 10.0 Å². The van der Waals surface area contributed by atoms with Crippen LogP contribution in [-0.2, 0) is 14.8 Å². The standard InChI is InChI=1S/C27H25Cl2NO5S/c1-5-12-30(21-8-6-20(28)7-9-21)36(33,34)22-10-11-25(29)24(15-22)27(32)35-16-26(31)23-14-18(3)17(2)13-19(23)4/h5-11,13-15H,1,12,16H2,2-4H3. The minimum absolute atomic E-state index is 0.00414. The van der Waals surface area contributed by atoms with Gasteiger partial charge < -0.3 is 4.74 Å². The van der Waals surface area contributed by atoms with Gasteiger partial charge in [0.2, 0.25) is 5.78 Å². The van der Waals surface area contributed by atoms with Crippen molar-refractivity contribution in [3.63, 3.8) is 0 Å². The molecule has 0 aliphatic rings. The van der Waals surface area contributed by atoms with Gasteiger partial charge in [-0.2, -0.15) is 0 Å². The van der Waals surface area contributed by atoms with E-state index < -0.39 is 22.6 Å². The number of hydrogen-bond acceptors (Lipinski definition) is 5. The van der Waals surface area contributed by atoms with Gasteiger partial charge in [0.15, 0.2) is 6.61 Å². The summed E-state index contributed by atoms with van der Waals surface area (Å²) in [5.74, 6) is -1.28. The van der Waals surface area contributed by atoms with Gasteiger partial charge in [0.1, 0.15) is 0 Å². The van der Waals surface area contributed by atoms with E-state index in [1.807, 2.05) is 26.8 Å². The molecule has 3 aromatic rings. The number of carbonyl (C=O) groups excluding carboxylic acids is 2. The molecule has 0 spiro atoms. The molecule has 0 atom stereocenters. The highest BCUT2D eigenvalue weighted by atomic mass is 35.5. The molecule has 0 aromatic heterocycles. The fraction of sp³-hybridized carbons (Fsp3) is 0.185. The molecule has 0 bridgehead atoms. The van der Waals surface area contributed by atoms with Crippen molar-refractivity contribution in [2.24, 2.45) is 0 Å². The van der Waals surface area contributed by atoms with Crippen molar-refractivity contribution in [1.29, 1.82) is 0 Å². The second kappa shape index (κ2) is 11.3. The second-order valence-electron chi connectivity index (χ2n) is 8.19. The second-order valence-corrected chi connectivity index (χ2v) is 10.9. The summed E-state index contributed by atoms with van der Waals surface area (Å²) < 4.78 is 33.2. The summed E-state index contributed by atoms with van der Waals surface area (Å²) in [7, 11) is -4.10. The van der Waals surface area contributed by atoms with Gasteiger partial charge in [-0.05, 0) is 86.0 Å². The third-order valence-electron chi connectivity index (χ3n) is 5.63. The summed E-state index contributed by atoms with van der Waals surface area (Å²) in [6.45, 7) is 8.75. The van der Waals surface area contributed by atoms with Crippen LogP contribution in [-0.4, -0.2) is 33.3 Å². The first-order chi connectivity index (χ1) is 16.9. The van der Waals surface area contributed by atoms with Gasteiger partial charge in [-0.25, -0.2) is 13.2 Å². The van der Waals surface area contributed by atoms with E-state index >= 15 is 0 Å². The predicted molar refractivity (Wildman–Crippen MR) is 143 cm³/mol.